The second kappa shape index (κ2) is 71.0. The number of hydrogen-bond acceptors (Lipinski definition) is 3. The van der Waals surface area contributed by atoms with E-state index in [-0.39, 0.29) is 389 Å². The van der Waals surface area contributed by atoms with Crippen LogP contribution in [0.3, 0.4) is 0 Å². The van der Waals surface area contributed by atoms with Gasteiger partial charge in [0.05, 0.1) is 0 Å². The molecule has 0 aliphatic carbocycles. The number of halogens is 5. The van der Waals surface area contributed by atoms with Crippen LogP contribution in [0.2, 0.25) is 0 Å². The van der Waals surface area contributed by atoms with Crippen molar-refractivity contribution < 1.29 is 381 Å². The van der Waals surface area contributed by atoms with Crippen LogP contribution in [0, 0.1) is 36.3 Å². The maximum Gasteiger partial charge on any atom is 0.377 e. The molecule has 29 heteroatoms. The van der Waals surface area contributed by atoms with Gasteiger partial charge in [0.25, 0.3) is 0 Å². The van der Waals surface area contributed by atoms with Crippen molar-refractivity contribution in [2.24, 2.45) is 0 Å². The fraction of sp³-hybridized carbons (Fsp3) is 0.333. The number of hydrogen-bond donors (Lipinski definition) is 0. The molecule has 1 aliphatic rings. The van der Waals surface area contributed by atoms with E-state index in [0.29, 0.717) is 0 Å². The Kier molecular flexibility index (Phi) is 188. The molecule has 1 amide bonds. The minimum atomic E-state index is -0.336. The minimum Gasteiger partial charge on any atom is -0.610 e. The van der Waals surface area contributed by atoms with Gasteiger partial charge >= 0.3 is 6.09 Å². The molecule has 2 atom stereocenters. The molecule has 1 heterocycles. The second-order valence-corrected chi connectivity index (χ2v) is 9.12. The van der Waals surface area contributed by atoms with Crippen molar-refractivity contribution in [1.82, 2.24) is 4.90 Å². The maximum absolute atomic E-state index is 12.5. The number of carbonyl (C=O) groups is 1. The zero-order valence-electron chi connectivity index (χ0n) is 23.8. The van der Waals surface area contributed by atoms with Gasteiger partial charge in [0.1, 0.15) is 0 Å². The van der Waals surface area contributed by atoms with Crippen molar-refractivity contribution in [3.63, 3.8) is 0 Å². The monoisotopic (exact) mass is 1950 g/mol. The molecule has 20 radical (unpaired) electrons. The molecule has 0 spiro atoms. The van der Waals surface area contributed by atoms with Gasteiger partial charge in [-0.2, -0.15) is 21.2 Å². The average Bonchev–Trinajstić information content (AvgIpc) is 2.67. The first-order chi connectivity index (χ1) is 12.9. The van der Waals surface area contributed by atoms with Crippen molar-refractivity contribution in [2.45, 2.75) is 32.4 Å². The summed E-state index contributed by atoms with van der Waals surface area (Å²) < 4.78 is 15.1. The first-order valence-corrected chi connectivity index (χ1v) is 14.1. The van der Waals surface area contributed by atoms with Crippen molar-refractivity contribution in [2.75, 3.05) is 11.9 Å². The van der Waals surface area contributed by atoms with E-state index in [4.69, 9.17) is 4.74 Å². The summed E-state index contributed by atoms with van der Waals surface area (Å²) in [7, 11) is 1.82. The molecule has 0 fully saturated rings. The normalized spacial score (nSPS) is 10.8. The van der Waals surface area contributed by atoms with E-state index in [9.17, 15) is 4.79 Å². The van der Waals surface area contributed by atoms with E-state index in [1.54, 1.807) is 4.90 Å². The van der Waals surface area contributed by atoms with Crippen LogP contribution in [-0.2, 0) is 376 Å². The number of rotatable bonds is 6. The largest absolute Gasteiger partial charge is 0.610 e. The zero-order valence-corrected chi connectivity index (χ0v) is 62.5. The van der Waals surface area contributed by atoms with Crippen molar-refractivity contribution in [3.05, 3.63) is 50.3 Å². The van der Waals surface area contributed by atoms with Crippen LogP contribution in [0.5, 0.6) is 0 Å². The Morgan fingerprint density at radius 1 is 0.660 bits per heavy atom. The summed E-state index contributed by atoms with van der Waals surface area (Å²) in [5.41, 5.74) is 7.30. The Hall–Kier alpha value is 13.4. The van der Waals surface area contributed by atoms with Crippen LogP contribution >= 0.6 is 113 Å². The standard InChI is InChI=1S/C18H18I5N2O2.20V/c1-10-11(2)14(7-21)17-16(13(10)6-20)15(24(3)18(26)27-9-23)4-12(5-19)25(17)8-22;;;;;;;;;;;;;;;;;;;;/h5-9,12,15H,4H2,1-3H3;;;;;;;;;;;;;;;;;;;;/q-5;;;;;;;;;;;;;;;;;;;;. The SMILES string of the molecule is Cc1c(C)c([CH-]I)c2c(c1[CH-]I)C(N(C)C(=O)O[CH-]I)CC([CH-]I)N2[CH-]I.[V].[V].[V].[V].[V].[V].[V].[V].[V].[V].[V].[V].[V].[V].[V].[V].[V].[V].[V].[V]. The Morgan fingerprint density at radius 3 is 1.28 bits per heavy atom. The number of benzene rings is 1. The number of anilines is 1. The van der Waals surface area contributed by atoms with E-state index < -0.39 is 0 Å². The maximum atomic E-state index is 12.5. The summed E-state index contributed by atoms with van der Waals surface area (Å²) in [6, 6.07) is 0.126. The molecule has 0 saturated heterocycles. The average molecular weight is 1950 g/mol. The molecule has 0 aromatic heterocycles. The van der Waals surface area contributed by atoms with Crippen LogP contribution in [0.4, 0.5) is 10.5 Å². The second-order valence-electron chi connectivity index (χ2n) is 6.09. The molecule has 2 rings (SSSR count). The van der Waals surface area contributed by atoms with Gasteiger partial charge in [0.2, 0.25) is 0 Å². The molecule has 2 unspecified atom stereocenters. The van der Waals surface area contributed by atoms with Crippen LogP contribution in [0.1, 0.15) is 40.3 Å². The van der Waals surface area contributed by atoms with Gasteiger partial charge in [0.15, 0.2) is 0 Å². The third-order valence-electron chi connectivity index (χ3n) is 4.95. The Labute approximate surface area is 590 Å². The summed E-state index contributed by atoms with van der Waals surface area (Å²) >= 11 is 11.2. The molecule has 0 saturated carbocycles. The number of ether oxygens (including phenoxy) is 1. The number of amides is 1. The molecule has 4 nitrogen and oxygen atoms in total. The van der Waals surface area contributed by atoms with Crippen LogP contribution in [-0.4, -0.2) is 24.1 Å². The van der Waals surface area contributed by atoms with E-state index in [1.807, 2.05) is 29.6 Å². The fourth-order valence-corrected chi connectivity index (χ4v) is 6.52. The van der Waals surface area contributed by atoms with E-state index in [2.05, 4.69) is 127 Å². The van der Waals surface area contributed by atoms with Gasteiger partial charge in [-0.15, -0.1) is 65.8 Å². The van der Waals surface area contributed by atoms with Gasteiger partial charge < -0.3 is 37.1 Å². The van der Waals surface area contributed by atoms with Crippen molar-refractivity contribution >= 4 is 125 Å². The van der Waals surface area contributed by atoms with Crippen molar-refractivity contribution in [3.8, 4) is 0 Å². The van der Waals surface area contributed by atoms with Crippen LogP contribution in [0.15, 0.2) is 0 Å². The molecule has 0 N–H and O–H groups in total. The molecule has 252 valence electrons. The van der Waals surface area contributed by atoms with E-state index in [1.165, 1.54) is 38.1 Å². The predicted octanol–water partition coefficient (Wildman–Crippen LogP) is 7.54. The smallest absolute Gasteiger partial charge is 0.377 e. The first-order valence-electron chi connectivity index (χ1n) is 7.92. The van der Waals surface area contributed by atoms with Gasteiger partial charge in [-0.25, -0.2) is 20.3 Å². The number of nitrogens with zero attached hydrogens (tertiary/aromatic N) is 2. The van der Waals surface area contributed by atoms with E-state index >= 15 is 0 Å². The molecule has 0 bridgehead atoms. The zero-order chi connectivity index (χ0) is 20.3. The summed E-state index contributed by atoms with van der Waals surface area (Å²) in [5, 5.41) is 0. The third kappa shape index (κ3) is 37.3. The molecule has 1 aromatic rings. The van der Waals surface area contributed by atoms with E-state index in [0.717, 1.165) is 6.42 Å². The number of fused-ring (bicyclic) bond motifs is 1. The Bertz CT molecular complexity index is 747. The molecule has 1 aliphatic heterocycles. The van der Waals surface area contributed by atoms with Gasteiger partial charge in [0, 0.05) is 384 Å². The predicted molar refractivity (Wildman–Crippen MR) is 154 cm³/mol. The van der Waals surface area contributed by atoms with Crippen molar-refractivity contribution in [1.29, 1.82) is 0 Å². The quantitative estimate of drug-likeness (QED) is 0.168. The molecule has 1 aromatic carbocycles. The molecular weight excluding hydrogens is 1930 g/mol. The number of carbonyl (C=O) groups excluding carboxylic acids is 1. The fourth-order valence-electron chi connectivity index (χ4n) is 3.41. The van der Waals surface area contributed by atoms with Crippen LogP contribution in [0.25, 0.3) is 0 Å². The first kappa shape index (κ1) is 124. The topological polar surface area (TPSA) is 32.8 Å². The third-order valence-corrected chi connectivity index (χ3v) is 7.88. The Balaban J connectivity index is -0.0000000231. The Morgan fingerprint density at radius 2 is 1.00 bits per heavy atom. The van der Waals surface area contributed by atoms with Gasteiger partial charge in [-0.3, -0.25) is 45.2 Å². The van der Waals surface area contributed by atoms with Gasteiger partial charge in [-0.05, 0) is 0 Å². The van der Waals surface area contributed by atoms with Gasteiger partial charge in [-0.1, -0.05) is 24.9 Å². The summed E-state index contributed by atoms with van der Waals surface area (Å²) in [4.78, 5) is 16.6. The molecule has 47 heavy (non-hydrogen) atoms. The summed E-state index contributed by atoms with van der Waals surface area (Å²) in [5.74, 6) is 0. The summed E-state index contributed by atoms with van der Waals surface area (Å²) in [6.07, 6.45) is 0.472. The molecular formula is C18H18I5N2O2V20-5. The van der Waals surface area contributed by atoms with Crippen LogP contribution < -0.4 is 4.90 Å². The summed E-state index contributed by atoms with van der Waals surface area (Å²) in [6.45, 7) is 4.33. The minimum absolute atomic E-state index is 0.